The molecule has 1 heterocycles. The Hall–Kier alpha value is -4.05. The van der Waals surface area contributed by atoms with Crippen LogP contribution >= 0.6 is 0 Å². The van der Waals surface area contributed by atoms with E-state index in [1.807, 2.05) is 0 Å². The van der Waals surface area contributed by atoms with E-state index in [2.05, 4.69) is 4.99 Å². The van der Waals surface area contributed by atoms with Crippen LogP contribution in [0.4, 0.5) is 19.7 Å². The topological polar surface area (TPSA) is 106 Å². The van der Waals surface area contributed by atoms with Crippen LogP contribution in [0, 0.1) is 5.82 Å². The van der Waals surface area contributed by atoms with Crippen molar-refractivity contribution in [3.8, 4) is 5.75 Å². The molecule has 1 aliphatic heterocycles. The lowest BCUT2D eigenvalue weighted by Gasteiger charge is -2.28. The molecule has 1 N–H and O–H groups in total. The molecule has 0 aliphatic carbocycles. The maximum atomic E-state index is 13.8. The molecule has 0 bridgehead atoms. The van der Waals surface area contributed by atoms with Gasteiger partial charge in [0.2, 0.25) is 5.84 Å². The third kappa shape index (κ3) is 5.72. The largest absolute Gasteiger partial charge is 0.529 e. The van der Waals surface area contributed by atoms with Gasteiger partial charge in [-0.25, -0.2) is 19.0 Å². The summed E-state index contributed by atoms with van der Waals surface area (Å²) in [5.41, 5.74) is -0.539. The van der Waals surface area contributed by atoms with E-state index >= 15 is 0 Å². The average molecular weight is 485 g/mol. The Kier molecular flexibility index (Phi) is 7.35. The first kappa shape index (κ1) is 25.6. The summed E-state index contributed by atoms with van der Waals surface area (Å²) in [6.07, 6.45) is 1.24. The number of nitrogens with zero attached hydrogens (tertiary/aromatic N) is 3. The minimum absolute atomic E-state index is 0.122. The second-order valence-electron chi connectivity index (χ2n) is 8.86. The lowest BCUT2D eigenvalue weighted by Crippen LogP contribution is -2.52. The number of halogens is 1. The summed E-state index contributed by atoms with van der Waals surface area (Å²) in [4.78, 5) is 42.5. The summed E-state index contributed by atoms with van der Waals surface area (Å²) in [6, 6.07) is 11.3. The summed E-state index contributed by atoms with van der Waals surface area (Å²) >= 11 is 0. The van der Waals surface area contributed by atoms with E-state index in [1.54, 1.807) is 27.8 Å². The molecule has 2 aromatic rings. The number of amides is 2. The van der Waals surface area contributed by atoms with Gasteiger partial charge in [-0.2, -0.15) is 4.79 Å². The summed E-state index contributed by atoms with van der Waals surface area (Å²) < 4.78 is 23.7. The smallest absolute Gasteiger partial charge is 0.444 e. The molecule has 10 heteroatoms. The number of aliphatic imine (C=N–C) groups is 1. The molecule has 1 atom stereocenters. The molecule has 9 nitrogen and oxygen atoms in total. The molecule has 0 fully saturated rings. The lowest BCUT2D eigenvalue weighted by atomic mass is 10.2. The van der Waals surface area contributed by atoms with E-state index in [0.29, 0.717) is 5.69 Å². The van der Waals surface area contributed by atoms with Gasteiger partial charge in [0.05, 0.1) is 18.2 Å². The van der Waals surface area contributed by atoms with E-state index in [-0.39, 0.29) is 30.1 Å². The van der Waals surface area contributed by atoms with Gasteiger partial charge >= 0.3 is 18.2 Å². The fourth-order valence-corrected chi connectivity index (χ4v) is 3.39. The second kappa shape index (κ2) is 10.1. The Labute approximate surface area is 202 Å². The highest BCUT2D eigenvalue weighted by atomic mass is 19.1. The number of ether oxygens (including phenoxy) is 2. The summed E-state index contributed by atoms with van der Waals surface area (Å²) in [6.45, 7) is 5.45. The Morgan fingerprint density at radius 3 is 2.34 bits per heavy atom. The Morgan fingerprint density at radius 1 is 1.09 bits per heavy atom. The molecule has 35 heavy (non-hydrogen) atoms. The number of benzene rings is 2. The molecule has 1 aliphatic rings. The van der Waals surface area contributed by atoms with Crippen molar-refractivity contribution >= 4 is 29.7 Å². The Balaban J connectivity index is 1.75. The number of quaternary nitrogens is 1. The molecule has 2 amide bonds. The third-order valence-electron chi connectivity index (χ3n) is 5.15. The van der Waals surface area contributed by atoms with Crippen LogP contribution in [0.1, 0.15) is 37.6 Å². The number of hydrogen-bond acceptors (Lipinski definition) is 6. The molecule has 0 aromatic heterocycles. The van der Waals surface area contributed by atoms with Crippen molar-refractivity contribution in [2.45, 2.75) is 32.8 Å². The zero-order chi connectivity index (χ0) is 25.8. The molecule has 0 radical (unpaired) electrons. The molecule has 2 aromatic carbocycles. The summed E-state index contributed by atoms with van der Waals surface area (Å²) in [5.74, 6) is -1.17. The SMILES string of the molecule is CN(CCC1=NC=C[N+]1(C(=O)O)c1ccc(OC(=O)c2ccccc2F)cc1)C(=O)OC(C)(C)C. The van der Waals surface area contributed by atoms with Gasteiger partial charge in [0.25, 0.3) is 0 Å². The molecule has 184 valence electrons. The highest BCUT2D eigenvalue weighted by molar-refractivity contribution is 6.11. The van der Waals surface area contributed by atoms with Crippen LogP contribution in [0.3, 0.4) is 0 Å². The number of carboxylic acid groups (broad SMARTS) is 1. The number of hydrogen-bond donors (Lipinski definition) is 1. The van der Waals surface area contributed by atoms with Gasteiger partial charge in [-0.05, 0) is 45.0 Å². The predicted octanol–water partition coefficient (Wildman–Crippen LogP) is 5.17. The normalized spacial score (nSPS) is 17.0. The molecule has 0 saturated heterocycles. The van der Waals surface area contributed by atoms with Crippen molar-refractivity contribution in [3.05, 3.63) is 72.3 Å². The van der Waals surface area contributed by atoms with Crippen molar-refractivity contribution in [1.82, 2.24) is 9.38 Å². The van der Waals surface area contributed by atoms with Gasteiger partial charge in [-0.1, -0.05) is 12.1 Å². The molecular weight excluding hydrogens is 457 g/mol. The van der Waals surface area contributed by atoms with Crippen LogP contribution in [0.25, 0.3) is 0 Å². The lowest BCUT2D eigenvalue weighted by molar-refractivity contribution is 0.0302. The zero-order valence-electron chi connectivity index (χ0n) is 19.9. The quantitative estimate of drug-likeness (QED) is 0.345. The maximum absolute atomic E-state index is 13.8. The van der Waals surface area contributed by atoms with E-state index in [4.69, 9.17) is 9.47 Å². The van der Waals surface area contributed by atoms with Crippen molar-refractivity contribution < 1.29 is 33.4 Å². The Bertz CT molecular complexity index is 1190. The van der Waals surface area contributed by atoms with Gasteiger partial charge in [0.1, 0.15) is 23.4 Å². The van der Waals surface area contributed by atoms with Gasteiger partial charge in [0, 0.05) is 25.7 Å². The molecule has 3 rings (SSSR count). The predicted molar refractivity (Wildman–Crippen MR) is 128 cm³/mol. The minimum atomic E-state index is -1.20. The summed E-state index contributed by atoms with van der Waals surface area (Å²) in [7, 11) is 1.56. The van der Waals surface area contributed by atoms with Crippen LogP contribution in [0.15, 0.2) is 65.9 Å². The van der Waals surface area contributed by atoms with E-state index < -0.39 is 34.1 Å². The Morgan fingerprint density at radius 2 is 1.74 bits per heavy atom. The van der Waals surface area contributed by atoms with Crippen molar-refractivity contribution in [1.29, 1.82) is 0 Å². The molecule has 0 saturated carbocycles. The molecule has 0 spiro atoms. The van der Waals surface area contributed by atoms with Crippen LogP contribution < -0.4 is 9.22 Å². The minimum Gasteiger partial charge on any atom is -0.444 e. The fraction of sp³-hybridized carbons (Fsp3) is 0.280. The monoisotopic (exact) mass is 484 g/mol. The van der Waals surface area contributed by atoms with Crippen molar-refractivity contribution in [3.63, 3.8) is 0 Å². The maximum Gasteiger partial charge on any atom is 0.529 e. The van der Waals surface area contributed by atoms with Crippen molar-refractivity contribution in [2.24, 2.45) is 4.99 Å². The average Bonchev–Trinajstić information content (AvgIpc) is 3.22. The molecular formula is C25H27FN3O6+. The highest BCUT2D eigenvalue weighted by Crippen LogP contribution is 2.32. The van der Waals surface area contributed by atoms with E-state index in [1.165, 1.54) is 59.8 Å². The standard InChI is InChI=1S/C25H26FN3O6/c1-25(2,3)35-23(31)28(4)15-13-21-27-14-16-29(21,24(32)33)17-9-11-18(12-10-17)34-22(30)19-7-5-6-8-20(19)26/h5-12,14,16H,13,15H2,1-4H3/p+1. The van der Waals surface area contributed by atoms with Crippen molar-refractivity contribution in [2.75, 3.05) is 13.6 Å². The van der Waals surface area contributed by atoms with E-state index in [9.17, 15) is 23.9 Å². The number of rotatable bonds is 6. The van der Waals surface area contributed by atoms with Gasteiger partial charge in [0.15, 0.2) is 5.69 Å². The number of amidine groups is 1. The zero-order valence-corrected chi connectivity index (χ0v) is 19.9. The number of carbonyl (C=O) groups is 3. The molecule has 1 unspecified atom stereocenters. The van der Waals surface area contributed by atoms with Crippen LogP contribution in [-0.2, 0) is 4.74 Å². The summed E-state index contributed by atoms with van der Waals surface area (Å²) in [5, 5.41) is 10.1. The third-order valence-corrected chi connectivity index (χ3v) is 5.15. The van der Waals surface area contributed by atoms with Crippen LogP contribution in [0.5, 0.6) is 5.75 Å². The number of esters is 1. The first-order valence-electron chi connectivity index (χ1n) is 10.8. The van der Waals surface area contributed by atoms with E-state index in [0.717, 1.165) is 6.07 Å². The van der Waals surface area contributed by atoms with Gasteiger partial charge < -0.3 is 19.5 Å². The van der Waals surface area contributed by atoms with Gasteiger partial charge in [-0.3, -0.25) is 0 Å². The highest BCUT2D eigenvalue weighted by Gasteiger charge is 2.46. The first-order valence-corrected chi connectivity index (χ1v) is 10.8. The number of carbonyl (C=O) groups excluding carboxylic acids is 2. The first-order chi connectivity index (χ1) is 16.4. The van der Waals surface area contributed by atoms with Crippen LogP contribution in [-0.4, -0.2) is 53.2 Å². The second-order valence-corrected chi connectivity index (χ2v) is 8.86. The van der Waals surface area contributed by atoms with Crippen LogP contribution in [0.2, 0.25) is 0 Å². The fourth-order valence-electron chi connectivity index (χ4n) is 3.39. The van der Waals surface area contributed by atoms with Gasteiger partial charge in [-0.15, -0.1) is 4.48 Å².